The van der Waals surface area contributed by atoms with Gasteiger partial charge in [-0.2, -0.15) is 0 Å². The number of hydrogen-bond acceptors (Lipinski definition) is 6. The molecule has 80 heavy (non-hydrogen) atoms. The van der Waals surface area contributed by atoms with E-state index in [2.05, 4.69) is 167 Å². The molecule has 452 valence electrons. The molecular weight excluding hydrogens is 985 g/mol. The number of esters is 3. The monoisotopic (exact) mass is 1100 g/mol. The topological polar surface area (TPSA) is 78.9 Å². The van der Waals surface area contributed by atoms with Crippen LogP contribution < -0.4 is 0 Å². The first-order valence-electron chi connectivity index (χ1n) is 32.8. The summed E-state index contributed by atoms with van der Waals surface area (Å²) in [5.74, 6) is -0.977. The highest BCUT2D eigenvalue weighted by molar-refractivity contribution is 5.71. The van der Waals surface area contributed by atoms with Gasteiger partial charge in [-0.3, -0.25) is 14.4 Å². The molecule has 0 bridgehead atoms. The molecule has 6 heteroatoms. The number of hydrogen-bond donors (Lipinski definition) is 0. The molecular formula is C74H120O6. The van der Waals surface area contributed by atoms with E-state index in [1.54, 1.807) is 0 Å². The summed E-state index contributed by atoms with van der Waals surface area (Å²) in [6, 6.07) is 0. The van der Waals surface area contributed by atoms with Gasteiger partial charge in [0.2, 0.25) is 0 Å². The lowest BCUT2D eigenvalue weighted by molar-refractivity contribution is -0.167. The Morgan fingerprint density at radius 3 is 0.825 bits per heavy atom. The standard InChI is InChI=1S/C74H120O6/c1-4-7-10-13-16-19-22-25-28-31-33-34-35-36-37-38-39-40-41-44-46-49-52-55-58-61-64-67-73(76)79-70-71(69-78-72(75)66-63-60-57-54-51-48-45-42-30-27-24-21-18-15-12-9-6-3)80-74(77)68-65-62-59-56-53-50-47-43-32-29-26-23-20-17-14-11-8-5-2/h7,9-10,12,16,18-19,21,25,27-30,32-34,36-37,39-40,45,48,54,57,71H,4-6,8,11,13-15,17,20,22-24,26,31,35,38,41-44,46-47,49-53,55-56,58-70H2,1-3H3/b10-7-,12-9-,19-16-,21-18-,28-25-,30-27-,32-29-,34-33-,37-36-,40-39-,48-45-,57-54-. The lowest BCUT2D eigenvalue weighted by Crippen LogP contribution is -2.30. The summed E-state index contributed by atoms with van der Waals surface area (Å²) in [5.41, 5.74) is 0. The van der Waals surface area contributed by atoms with Gasteiger partial charge in [-0.15, -0.1) is 0 Å². The van der Waals surface area contributed by atoms with Crippen molar-refractivity contribution < 1.29 is 28.6 Å². The second-order valence-corrected chi connectivity index (χ2v) is 21.3. The minimum Gasteiger partial charge on any atom is -0.462 e. The van der Waals surface area contributed by atoms with Crippen LogP contribution in [0.3, 0.4) is 0 Å². The predicted octanol–water partition coefficient (Wildman–Crippen LogP) is 22.7. The van der Waals surface area contributed by atoms with Gasteiger partial charge in [0.1, 0.15) is 13.2 Å². The fourth-order valence-electron chi connectivity index (χ4n) is 8.71. The zero-order chi connectivity index (χ0) is 57.8. The minimum absolute atomic E-state index is 0.106. The van der Waals surface area contributed by atoms with Crippen LogP contribution in [0.25, 0.3) is 0 Å². The molecule has 0 aromatic carbocycles. The first-order valence-corrected chi connectivity index (χ1v) is 32.8. The lowest BCUT2D eigenvalue weighted by Gasteiger charge is -2.18. The van der Waals surface area contributed by atoms with Gasteiger partial charge >= 0.3 is 17.9 Å². The fourth-order valence-corrected chi connectivity index (χ4v) is 8.71. The quantitative estimate of drug-likeness (QED) is 0.0261. The predicted molar refractivity (Wildman–Crippen MR) is 348 cm³/mol. The van der Waals surface area contributed by atoms with Crippen molar-refractivity contribution in [3.05, 3.63) is 146 Å². The molecule has 0 aromatic rings. The molecule has 6 nitrogen and oxygen atoms in total. The Hall–Kier alpha value is -4.71. The normalized spacial score (nSPS) is 13.1. The summed E-state index contributed by atoms with van der Waals surface area (Å²) < 4.78 is 16.9. The van der Waals surface area contributed by atoms with Crippen molar-refractivity contribution in [1.29, 1.82) is 0 Å². The molecule has 0 rings (SSSR count). The number of ether oxygens (including phenoxy) is 3. The van der Waals surface area contributed by atoms with Crippen molar-refractivity contribution in [3.8, 4) is 0 Å². The fraction of sp³-hybridized carbons (Fsp3) is 0.635. The van der Waals surface area contributed by atoms with Crippen LogP contribution in [0.4, 0.5) is 0 Å². The van der Waals surface area contributed by atoms with Crippen LogP contribution in [-0.2, 0) is 28.6 Å². The van der Waals surface area contributed by atoms with E-state index in [9.17, 15) is 14.4 Å². The van der Waals surface area contributed by atoms with Crippen molar-refractivity contribution in [2.24, 2.45) is 0 Å². The van der Waals surface area contributed by atoms with Crippen molar-refractivity contribution >= 4 is 17.9 Å². The molecule has 0 aliphatic heterocycles. The van der Waals surface area contributed by atoms with Gasteiger partial charge < -0.3 is 14.2 Å². The third kappa shape index (κ3) is 64.1. The largest absolute Gasteiger partial charge is 0.462 e. The van der Waals surface area contributed by atoms with E-state index in [1.165, 1.54) is 116 Å². The van der Waals surface area contributed by atoms with E-state index in [1.807, 2.05) is 0 Å². The third-order valence-electron chi connectivity index (χ3n) is 13.6. The van der Waals surface area contributed by atoms with Crippen molar-refractivity contribution in [2.45, 2.75) is 290 Å². The molecule has 0 spiro atoms. The van der Waals surface area contributed by atoms with E-state index in [4.69, 9.17) is 14.2 Å². The zero-order valence-electron chi connectivity index (χ0n) is 51.8. The molecule has 0 aliphatic rings. The Morgan fingerprint density at radius 2 is 0.500 bits per heavy atom. The molecule has 0 saturated heterocycles. The molecule has 1 atom stereocenters. The minimum atomic E-state index is -0.814. The maximum atomic E-state index is 12.9. The van der Waals surface area contributed by atoms with Crippen LogP contribution in [0.1, 0.15) is 284 Å². The number of rotatable bonds is 58. The summed E-state index contributed by atoms with van der Waals surface area (Å²) in [7, 11) is 0. The molecule has 0 heterocycles. The van der Waals surface area contributed by atoms with Crippen molar-refractivity contribution in [2.75, 3.05) is 13.2 Å². The first-order chi connectivity index (χ1) is 39.5. The van der Waals surface area contributed by atoms with E-state index in [0.29, 0.717) is 19.3 Å². The maximum Gasteiger partial charge on any atom is 0.306 e. The van der Waals surface area contributed by atoms with Gasteiger partial charge in [-0.1, -0.05) is 276 Å². The summed E-state index contributed by atoms with van der Waals surface area (Å²) in [5, 5.41) is 0. The van der Waals surface area contributed by atoms with Crippen LogP contribution >= 0.6 is 0 Å². The molecule has 0 radical (unpaired) electrons. The van der Waals surface area contributed by atoms with Crippen LogP contribution in [-0.4, -0.2) is 37.2 Å². The van der Waals surface area contributed by atoms with Gasteiger partial charge in [-0.25, -0.2) is 0 Å². The van der Waals surface area contributed by atoms with Gasteiger partial charge in [0.05, 0.1) is 0 Å². The smallest absolute Gasteiger partial charge is 0.306 e. The average Bonchev–Trinajstić information content (AvgIpc) is 3.46. The molecule has 1 unspecified atom stereocenters. The Balaban J connectivity index is 4.45. The molecule has 0 saturated carbocycles. The Bertz CT molecular complexity index is 1750. The van der Waals surface area contributed by atoms with Crippen LogP contribution in [0.2, 0.25) is 0 Å². The summed E-state index contributed by atoms with van der Waals surface area (Å²) in [4.78, 5) is 38.4. The molecule has 0 fully saturated rings. The number of allylic oxidation sites excluding steroid dienone is 24. The van der Waals surface area contributed by atoms with E-state index in [0.717, 1.165) is 122 Å². The lowest BCUT2D eigenvalue weighted by atomic mass is 10.1. The highest BCUT2D eigenvalue weighted by atomic mass is 16.6. The number of carbonyl (C=O) groups is 3. The number of carbonyl (C=O) groups excluding carboxylic acids is 3. The molecule has 0 aromatic heterocycles. The second kappa shape index (κ2) is 66.8. The second-order valence-electron chi connectivity index (χ2n) is 21.3. The Morgan fingerprint density at radius 1 is 0.263 bits per heavy atom. The Kier molecular flexibility index (Phi) is 62.9. The van der Waals surface area contributed by atoms with Gasteiger partial charge in [0.15, 0.2) is 6.10 Å². The van der Waals surface area contributed by atoms with Gasteiger partial charge in [0, 0.05) is 19.3 Å². The van der Waals surface area contributed by atoms with Gasteiger partial charge in [0.25, 0.3) is 0 Å². The summed E-state index contributed by atoms with van der Waals surface area (Å²) in [6.45, 7) is 6.36. The summed E-state index contributed by atoms with van der Waals surface area (Å²) in [6.07, 6.45) is 95.7. The highest BCUT2D eigenvalue weighted by Crippen LogP contribution is 2.15. The average molecular weight is 1110 g/mol. The molecule has 0 aliphatic carbocycles. The van der Waals surface area contributed by atoms with Crippen molar-refractivity contribution in [1.82, 2.24) is 0 Å². The summed E-state index contributed by atoms with van der Waals surface area (Å²) >= 11 is 0. The SMILES string of the molecule is CC/C=C\C/C=C\C/C=C\C/C=C\C/C=C\C/C=C\CCCCCCCCCCC(=O)OCC(COC(=O)CCC/C=C\C/C=C\C/C=C\C/C=C\C/C=C\CC)OC(=O)CCCCCCCCC/C=C\CCCCCCCCC. The number of unbranched alkanes of at least 4 members (excludes halogenated alkanes) is 23. The molecule has 0 amide bonds. The first kappa shape index (κ1) is 75.3. The maximum absolute atomic E-state index is 12.9. The molecule has 0 N–H and O–H groups in total. The van der Waals surface area contributed by atoms with E-state index >= 15 is 0 Å². The van der Waals surface area contributed by atoms with Crippen LogP contribution in [0.15, 0.2) is 146 Å². The van der Waals surface area contributed by atoms with Crippen LogP contribution in [0.5, 0.6) is 0 Å². The van der Waals surface area contributed by atoms with Crippen LogP contribution in [0, 0.1) is 0 Å². The Labute approximate surface area is 493 Å². The van der Waals surface area contributed by atoms with E-state index < -0.39 is 6.10 Å². The van der Waals surface area contributed by atoms with Crippen molar-refractivity contribution in [3.63, 3.8) is 0 Å². The van der Waals surface area contributed by atoms with Gasteiger partial charge in [-0.05, 0) is 135 Å². The third-order valence-corrected chi connectivity index (χ3v) is 13.6. The van der Waals surface area contributed by atoms with E-state index in [-0.39, 0.29) is 37.5 Å². The zero-order valence-corrected chi connectivity index (χ0v) is 51.8. The highest BCUT2D eigenvalue weighted by Gasteiger charge is 2.19.